The molecule has 3 aromatic rings. The molecule has 0 spiro atoms. The molecule has 0 saturated heterocycles. The van der Waals surface area contributed by atoms with Crippen LogP contribution >= 0.6 is 0 Å². The molecule has 0 fully saturated rings. The summed E-state index contributed by atoms with van der Waals surface area (Å²) in [5.41, 5.74) is 8.90. The van der Waals surface area contributed by atoms with E-state index in [4.69, 9.17) is 11.1 Å². The number of guanidine groups is 1. The zero-order valence-electron chi connectivity index (χ0n) is 15.9. The summed E-state index contributed by atoms with van der Waals surface area (Å²) in [6, 6.07) is 22.8. The smallest absolute Gasteiger partial charge is 0.328 e. The fraction of sp³-hybridized carbons (Fsp3) is 0. The van der Waals surface area contributed by atoms with Crippen molar-refractivity contribution in [2.45, 2.75) is 0 Å². The highest BCUT2D eigenvalue weighted by molar-refractivity contribution is 6.05. The third-order valence-corrected chi connectivity index (χ3v) is 4.21. The number of hydrogen-bond acceptors (Lipinski definition) is 3. The average molecular weight is 400 g/mol. The quantitative estimate of drug-likeness (QED) is 0.244. The molecule has 0 aromatic heterocycles. The van der Waals surface area contributed by atoms with Crippen LogP contribution in [0.2, 0.25) is 0 Å². The van der Waals surface area contributed by atoms with Gasteiger partial charge >= 0.3 is 5.97 Å². The lowest BCUT2D eigenvalue weighted by molar-refractivity contribution is -0.131. The maximum absolute atomic E-state index is 12.5. The zero-order chi connectivity index (χ0) is 21.5. The van der Waals surface area contributed by atoms with Gasteiger partial charge in [-0.2, -0.15) is 0 Å². The van der Waals surface area contributed by atoms with Crippen LogP contribution in [-0.2, 0) is 4.79 Å². The summed E-state index contributed by atoms with van der Waals surface area (Å²) in [5.74, 6) is -1.57. The van der Waals surface area contributed by atoms with E-state index in [1.165, 1.54) is 0 Å². The number of nitrogens with one attached hydrogen (secondary N) is 3. The van der Waals surface area contributed by atoms with E-state index < -0.39 is 5.97 Å². The minimum atomic E-state index is -1.04. The molecule has 1 amide bonds. The Kier molecular flexibility index (Phi) is 6.24. The minimum Gasteiger partial charge on any atom is -0.478 e. The Morgan fingerprint density at radius 3 is 2.07 bits per heavy atom. The Morgan fingerprint density at radius 2 is 1.43 bits per heavy atom. The second-order valence-corrected chi connectivity index (χ2v) is 6.41. The van der Waals surface area contributed by atoms with Gasteiger partial charge in [-0.15, -0.1) is 0 Å². The van der Waals surface area contributed by atoms with Crippen molar-refractivity contribution < 1.29 is 14.7 Å². The Hall–Kier alpha value is -4.39. The summed E-state index contributed by atoms with van der Waals surface area (Å²) in [7, 11) is 0. The average Bonchev–Trinajstić information content (AvgIpc) is 2.73. The maximum Gasteiger partial charge on any atom is 0.328 e. The van der Waals surface area contributed by atoms with Gasteiger partial charge in [-0.1, -0.05) is 48.5 Å². The van der Waals surface area contributed by atoms with Gasteiger partial charge < -0.3 is 21.5 Å². The molecule has 0 aliphatic rings. The Labute approximate surface area is 173 Å². The number of aliphatic carboxylic acids is 1. The number of hydrogen-bond donors (Lipinski definition) is 5. The topological polar surface area (TPSA) is 128 Å². The first-order valence-corrected chi connectivity index (χ1v) is 9.05. The molecule has 0 atom stereocenters. The summed E-state index contributed by atoms with van der Waals surface area (Å²) in [5, 5.41) is 21.9. The van der Waals surface area contributed by atoms with E-state index in [1.807, 2.05) is 30.3 Å². The zero-order valence-corrected chi connectivity index (χ0v) is 15.9. The van der Waals surface area contributed by atoms with Gasteiger partial charge in [-0.3, -0.25) is 10.2 Å². The monoisotopic (exact) mass is 400 g/mol. The number of anilines is 2. The SMILES string of the molecule is N=C(N)Nc1cccc(C(=O)Nc2ccc(C(=CC(=O)O)c3ccccc3)cc2)c1. The highest BCUT2D eigenvalue weighted by atomic mass is 16.4. The fourth-order valence-electron chi connectivity index (χ4n) is 2.90. The van der Waals surface area contributed by atoms with Gasteiger partial charge in [0.2, 0.25) is 0 Å². The third kappa shape index (κ3) is 5.32. The van der Waals surface area contributed by atoms with E-state index in [0.717, 1.165) is 11.6 Å². The molecule has 30 heavy (non-hydrogen) atoms. The van der Waals surface area contributed by atoms with E-state index in [9.17, 15) is 14.7 Å². The number of benzene rings is 3. The minimum absolute atomic E-state index is 0.216. The molecule has 3 aromatic carbocycles. The first-order chi connectivity index (χ1) is 14.4. The molecule has 0 unspecified atom stereocenters. The van der Waals surface area contributed by atoms with Crippen LogP contribution in [0.25, 0.3) is 5.57 Å². The van der Waals surface area contributed by atoms with Crippen molar-refractivity contribution in [1.82, 2.24) is 0 Å². The highest BCUT2D eigenvalue weighted by Gasteiger charge is 2.10. The van der Waals surface area contributed by atoms with E-state index in [1.54, 1.807) is 48.5 Å². The van der Waals surface area contributed by atoms with Gasteiger partial charge in [0.05, 0.1) is 0 Å². The van der Waals surface area contributed by atoms with Gasteiger partial charge in [0.1, 0.15) is 0 Å². The predicted octanol–water partition coefficient (Wildman–Crippen LogP) is 3.76. The first kappa shape index (κ1) is 20.3. The van der Waals surface area contributed by atoms with Gasteiger partial charge in [-0.25, -0.2) is 4.79 Å². The second-order valence-electron chi connectivity index (χ2n) is 6.41. The highest BCUT2D eigenvalue weighted by Crippen LogP contribution is 2.25. The molecule has 0 aliphatic heterocycles. The van der Waals surface area contributed by atoms with Crippen LogP contribution < -0.4 is 16.4 Å². The van der Waals surface area contributed by atoms with Crippen molar-refractivity contribution >= 4 is 34.8 Å². The largest absolute Gasteiger partial charge is 0.478 e. The molecule has 150 valence electrons. The number of amides is 1. The van der Waals surface area contributed by atoms with Crippen LogP contribution in [0.1, 0.15) is 21.5 Å². The van der Waals surface area contributed by atoms with Crippen LogP contribution in [0, 0.1) is 5.41 Å². The lowest BCUT2D eigenvalue weighted by Crippen LogP contribution is -2.20. The van der Waals surface area contributed by atoms with Crippen LogP contribution in [0.15, 0.2) is 84.9 Å². The van der Waals surface area contributed by atoms with Crippen LogP contribution in [0.4, 0.5) is 11.4 Å². The van der Waals surface area contributed by atoms with Crippen molar-refractivity contribution in [3.8, 4) is 0 Å². The molecule has 0 radical (unpaired) electrons. The molecule has 6 N–H and O–H groups in total. The predicted molar refractivity (Wildman–Crippen MR) is 118 cm³/mol. The Bertz CT molecular complexity index is 1110. The summed E-state index contributed by atoms with van der Waals surface area (Å²) < 4.78 is 0. The van der Waals surface area contributed by atoms with Crippen molar-refractivity contribution in [1.29, 1.82) is 5.41 Å². The molecule has 7 nitrogen and oxygen atoms in total. The molecule has 3 rings (SSSR count). The van der Waals surface area contributed by atoms with Crippen molar-refractivity contribution in [3.05, 3.63) is 102 Å². The molecular weight excluding hydrogens is 380 g/mol. The number of nitrogens with two attached hydrogens (primary N) is 1. The normalized spacial score (nSPS) is 10.9. The summed E-state index contributed by atoms with van der Waals surface area (Å²) in [6.45, 7) is 0. The number of rotatable bonds is 6. The number of carbonyl (C=O) groups is 2. The summed E-state index contributed by atoms with van der Waals surface area (Å²) in [6.07, 6.45) is 1.16. The number of carbonyl (C=O) groups excluding carboxylic acids is 1. The van der Waals surface area contributed by atoms with Gasteiger partial charge in [0.15, 0.2) is 5.96 Å². The maximum atomic E-state index is 12.5. The van der Waals surface area contributed by atoms with Gasteiger partial charge in [0, 0.05) is 23.0 Å². The lowest BCUT2D eigenvalue weighted by atomic mass is 9.97. The van der Waals surface area contributed by atoms with E-state index in [0.29, 0.717) is 28.1 Å². The summed E-state index contributed by atoms with van der Waals surface area (Å²) >= 11 is 0. The first-order valence-electron chi connectivity index (χ1n) is 9.05. The fourth-order valence-corrected chi connectivity index (χ4v) is 2.90. The third-order valence-electron chi connectivity index (χ3n) is 4.21. The van der Waals surface area contributed by atoms with E-state index in [2.05, 4.69) is 10.6 Å². The molecule has 7 heteroatoms. The molecule has 0 saturated carbocycles. The molecular formula is C23H20N4O3. The number of carboxylic acids is 1. The second kappa shape index (κ2) is 9.20. The van der Waals surface area contributed by atoms with E-state index >= 15 is 0 Å². The van der Waals surface area contributed by atoms with Crippen molar-refractivity contribution in [3.63, 3.8) is 0 Å². The molecule has 0 heterocycles. The Balaban J connectivity index is 1.79. The molecule has 0 bridgehead atoms. The van der Waals surface area contributed by atoms with E-state index in [-0.39, 0.29) is 11.9 Å². The van der Waals surface area contributed by atoms with Gasteiger partial charge in [-0.05, 0) is 47.0 Å². The van der Waals surface area contributed by atoms with Crippen LogP contribution in [-0.4, -0.2) is 22.9 Å². The molecule has 0 aliphatic carbocycles. The lowest BCUT2D eigenvalue weighted by Gasteiger charge is -2.10. The van der Waals surface area contributed by atoms with Crippen LogP contribution in [0.3, 0.4) is 0 Å². The summed E-state index contributed by atoms with van der Waals surface area (Å²) in [4.78, 5) is 23.8. The van der Waals surface area contributed by atoms with Crippen molar-refractivity contribution in [2.75, 3.05) is 10.6 Å². The van der Waals surface area contributed by atoms with Crippen molar-refractivity contribution in [2.24, 2.45) is 5.73 Å². The standard InChI is InChI=1S/C23H20N4O3/c24-23(25)27-19-8-4-7-17(13-19)22(30)26-18-11-9-16(10-12-18)20(14-21(28)29)15-5-2-1-3-6-15/h1-14H,(H,26,30)(H,28,29)(H4,24,25,27). The number of carboxylic acid groups (broad SMARTS) is 1. The van der Waals surface area contributed by atoms with Crippen LogP contribution in [0.5, 0.6) is 0 Å². The van der Waals surface area contributed by atoms with Gasteiger partial charge in [0.25, 0.3) is 5.91 Å². The Morgan fingerprint density at radius 1 is 0.800 bits per heavy atom.